The standard InChI is InChI=1S/C34H44N6O7S.ClH/c1-21-26(32(34(44)45)38-31(21)29(22(2)41)33(38)43)19-37-18-24-4-3-5-25-23(6-7-27(30(24)25)48(37,46)47)8-11-39-12-15-40(16-13-39,17-14-39)20-28(42)36-10-9-35;/h3-7,21-22,29,31,41H,8-20,35H2,1-2H3;1H/t21-,22+,29+,31+,39?,40?;/m0./s1. The molecule has 13 nitrogen and oxygen atoms in total. The molecule has 4 N–H and O–H groups in total. The molecule has 2 bridgehead atoms. The van der Waals surface area contributed by atoms with Crippen LogP contribution in [0.5, 0.6) is 0 Å². The van der Waals surface area contributed by atoms with E-state index < -0.39 is 45.9 Å². The van der Waals surface area contributed by atoms with Crippen molar-refractivity contribution in [2.45, 2.75) is 43.9 Å². The maximum absolute atomic E-state index is 14.1. The highest BCUT2D eigenvalue weighted by Gasteiger charge is 2.59. The van der Waals surface area contributed by atoms with Gasteiger partial charge in [-0.25, -0.2) is 8.42 Å². The minimum absolute atomic E-state index is 0. The van der Waals surface area contributed by atoms with E-state index in [0.717, 1.165) is 77.7 Å². The molecule has 0 radical (unpaired) electrons. The Balaban J connectivity index is 0.00000417. The van der Waals surface area contributed by atoms with Gasteiger partial charge in [0.2, 0.25) is 15.9 Å². The second kappa shape index (κ2) is 12.9. The third kappa shape index (κ3) is 5.75. The molecule has 2 amide bonds. The van der Waals surface area contributed by atoms with Crippen molar-refractivity contribution in [3.05, 3.63) is 52.7 Å². The maximum Gasteiger partial charge on any atom is 0.275 e. The van der Waals surface area contributed by atoms with Crippen molar-refractivity contribution in [3.63, 3.8) is 0 Å². The van der Waals surface area contributed by atoms with Crippen molar-refractivity contribution < 1.29 is 54.4 Å². The van der Waals surface area contributed by atoms with Gasteiger partial charge in [-0.1, -0.05) is 31.2 Å². The Hall–Kier alpha value is -3.11. The average molecular weight is 717 g/mol. The number of hydrogen-bond donors (Lipinski definition) is 3. The van der Waals surface area contributed by atoms with Crippen LogP contribution in [0.15, 0.2) is 46.5 Å². The fourth-order valence-electron chi connectivity index (χ4n) is 9.11. The maximum atomic E-state index is 14.1. The van der Waals surface area contributed by atoms with Gasteiger partial charge in [0.1, 0.15) is 39.3 Å². The van der Waals surface area contributed by atoms with Crippen LogP contribution in [-0.4, -0.2) is 134 Å². The number of β-lactam (4-membered cyclic amide) rings is 1. The Morgan fingerprint density at radius 1 is 1.10 bits per heavy atom. The summed E-state index contributed by atoms with van der Waals surface area (Å²) in [6.45, 7) is 11.5. The molecule has 6 heterocycles. The first-order chi connectivity index (χ1) is 22.8. The number of carboxylic acids is 1. The van der Waals surface area contributed by atoms with Crippen molar-refractivity contribution in [1.82, 2.24) is 14.5 Å². The lowest BCUT2D eigenvalue weighted by Crippen LogP contribution is -3.00. The predicted octanol–water partition coefficient (Wildman–Crippen LogP) is -4.51. The number of hydrogen-bond acceptors (Lipinski definition) is 8. The normalized spacial score (nSPS) is 30.5. The molecular weight excluding hydrogens is 672 g/mol. The molecule has 0 saturated carbocycles. The van der Waals surface area contributed by atoms with Crippen LogP contribution in [-0.2, 0) is 37.4 Å². The van der Waals surface area contributed by atoms with E-state index in [9.17, 15) is 33.0 Å². The molecule has 2 aromatic carbocycles. The van der Waals surface area contributed by atoms with Gasteiger partial charge in [-0.05, 0) is 35.1 Å². The highest BCUT2D eigenvalue weighted by atomic mass is 35.5. The smallest absolute Gasteiger partial charge is 0.275 e. The lowest BCUT2D eigenvalue weighted by atomic mass is 9.78. The van der Waals surface area contributed by atoms with Crippen LogP contribution >= 0.6 is 0 Å². The summed E-state index contributed by atoms with van der Waals surface area (Å²) in [7, 11) is -4.01. The summed E-state index contributed by atoms with van der Waals surface area (Å²) in [5, 5.41) is 27.0. The summed E-state index contributed by atoms with van der Waals surface area (Å²) < 4.78 is 31.4. The zero-order valence-corrected chi connectivity index (χ0v) is 29.5. The number of halogens is 1. The third-order valence-corrected chi connectivity index (χ3v) is 13.8. The van der Waals surface area contributed by atoms with Gasteiger partial charge in [-0.3, -0.25) is 9.59 Å². The molecule has 0 spiro atoms. The van der Waals surface area contributed by atoms with Gasteiger partial charge in [-0.15, -0.1) is 0 Å². The number of rotatable bonds is 11. The number of nitrogens with two attached hydrogens (primary N) is 1. The molecule has 6 aliphatic rings. The molecule has 0 unspecified atom stereocenters. The van der Waals surface area contributed by atoms with Crippen LogP contribution in [0.3, 0.4) is 0 Å². The van der Waals surface area contributed by atoms with E-state index in [4.69, 9.17) is 5.73 Å². The molecule has 15 heteroatoms. The van der Waals surface area contributed by atoms with E-state index in [1.54, 1.807) is 13.0 Å². The monoisotopic (exact) mass is 716 g/mol. The van der Waals surface area contributed by atoms with Crippen molar-refractivity contribution in [2.75, 3.05) is 72.0 Å². The number of carbonyl (C=O) groups excluding carboxylic acids is 3. The number of sulfonamides is 1. The van der Waals surface area contributed by atoms with Gasteiger partial charge in [-0.2, -0.15) is 4.31 Å². The number of carbonyl (C=O) groups is 3. The predicted molar refractivity (Wildman–Crippen MR) is 174 cm³/mol. The molecule has 0 aromatic heterocycles. The summed E-state index contributed by atoms with van der Waals surface area (Å²) in [6, 6.07) is 8.90. The molecule has 266 valence electrons. The van der Waals surface area contributed by atoms with Crippen molar-refractivity contribution in [2.24, 2.45) is 17.6 Å². The Kier molecular flexibility index (Phi) is 9.40. The summed E-state index contributed by atoms with van der Waals surface area (Å²) in [5.74, 6) is -3.14. The molecule has 6 aliphatic heterocycles. The number of fused-ring (bicyclic) bond motifs is 4. The first-order valence-corrected chi connectivity index (χ1v) is 18.4. The number of aliphatic hydroxyl groups excluding tert-OH is 1. The SMILES string of the molecule is C[C@@H](O)[C@H]1C(=O)N2C(C(=O)[O-])=C(CN3Cc4cccc5c(CC[N+]67CC[N+](CC(=O)NCCN)(CC6)CC7)ccc(c45)S3(=O)=O)[C@H](C)[C@H]12.[Cl-]. The number of carboxylic acid groups (broad SMARTS) is 1. The zero-order chi connectivity index (χ0) is 34.2. The summed E-state index contributed by atoms with van der Waals surface area (Å²) in [4.78, 5) is 38.9. The molecule has 4 fully saturated rings. The number of nitrogens with one attached hydrogen (secondary N) is 1. The second-order valence-corrected chi connectivity index (χ2v) is 16.5. The van der Waals surface area contributed by atoms with Crippen LogP contribution < -0.4 is 28.6 Å². The van der Waals surface area contributed by atoms with Gasteiger partial charge >= 0.3 is 0 Å². The highest BCUT2D eigenvalue weighted by Crippen LogP contribution is 2.48. The average Bonchev–Trinajstić information content (AvgIpc) is 3.30. The van der Waals surface area contributed by atoms with E-state index in [1.165, 1.54) is 16.1 Å². The van der Waals surface area contributed by atoms with Crippen LogP contribution in [0.4, 0.5) is 0 Å². The summed E-state index contributed by atoms with van der Waals surface area (Å²) in [6.07, 6.45) is -0.154. The van der Waals surface area contributed by atoms with Crippen molar-refractivity contribution in [1.29, 1.82) is 0 Å². The molecule has 49 heavy (non-hydrogen) atoms. The van der Waals surface area contributed by atoms with Gasteiger partial charge in [0.15, 0.2) is 6.54 Å². The number of amides is 2. The largest absolute Gasteiger partial charge is 1.00 e. The minimum atomic E-state index is -4.01. The van der Waals surface area contributed by atoms with Gasteiger partial charge in [0, 0.05) is 43.9 Å². The van der Waals surface area contributed by atoms with E-state index in [1.807, 2.05) is 24.3 Å². The Labute approximate surface area is 292 Å². The fourth-order valence-corrected chi connectivity index (χ4v) is 10.7. The third-order valence-electron chi connectivity index (χ3n) is 11.9. The Morgan fingerprint density at radius 2 is 1.78 bits per heavy atom. The lowest BCUT2D eigenvalue weighted by Gasteiger charge is -2.55. The topological polar surface area (TPSA) is 173 Å². The van der Waals surface area contributed by atoms with Gasteiger partial charge in [0.05, 0.1) is 41.2 Å². The molecule has 0 aliphatic carbocycles. The van der Waals surface area contributed by atoms with E-state index >= 15 is 0 Å². The lowest BCUT2D eigenvalue weighted by molar-refractivity contribution is -1.08. The second-order valence-electron chi connectivity index (χ2n) is 14.5. The van der Waals surface area contributed by atoms with E-state index in [2.05, 4.69) is 5.32 Å². The van der Waals surface area contributed by atoms with Gasteiger partial charge in [0.25, 0.3) is 5.91 Å². The Morgan fingerprint density at radius 3 is 2.41 bits per heavy atom. The van der Waals surface area contributed by atoms with Crippen LogP contribution in [0.1, 0.15) is 25.0 Å². The molecule has 4 saturated heterocycles. The van der Waals surface area contributed by atoms with Crippen LogP contribution in [0.25, 0.3) is 10.8 Å². The number of benzene rings is 2. The fraction of sp³-hybridized carbons (Fsp3) is 0.559. The van der Waals surface area contributed by atoms with Gasteiger partial charge < -0.3 is 52.3 Å². The van der Waals surface area contributed by atoms with Crippen LogP contribution in [0.2, 0.25) is 0 Å². The summed E-state index contributed by atoms with van der Waals surface area (Å²) in [5.41, 5.74) is 7.53. The van der Waals surface area contributed by atoms with Crippen LogP contribution in [0, 0.1) is 11.8 Å². The first kappa shape index (κ1) is 35.7. The van der Waals surface area contributed by atoms with Crippen molar-refractivity contribution >= 4 is 38.6 Å². The van der Waals surface area contributed by atoms with E-state index in [0.29, 0.717) is 30.6 Å². The molecule has 4 atom stereocenters. The summed E-state index contributed by atoms with van der Waals surface area (Å²) >= 11 is 0. The number of quaternary nitrogens is 2. The molecular formula is C34H45ClN6O7S. The Bertz CT molecular complexity index is 1820. The number of aliphatic carboxylic acids is 1. The molecule has 8 rings (SSSR count). The number of piperazine rings is 3. The first-order valence-electron chi connectivity index (χ1n) is 17.0. The van der Waals surface area contributed by atoms with E-state index in [-0.39, 0.29) is 42.0 Å². The quantitative estimate of drug-likeness (QED) is 0.154. The van der Waals surface area contributed by atoms with Crippen molar-refractivity contribution in [3.8, 4) is 0 Å². The zero-order valence-electron chi connectivity index (χ0n) is 27.9. The number of nitrogens with zero attached hydrogens (tertiary/aromatic N) is 4. The molecule has 2 aromatic rings. The number of aliphatic hydroxyl groups is 1. The highest BCUT2D eigenvalue weighted by molar-refractivity contribution is 7.89. The minimum Gasteiger partial charge on any atom is -1.00 e.